The first-order valence-electron chi connectivity index (χ1n) is 9.71. The van der Waals surface area contributed by atoms with E-state index in [1.165, 1.54) is 4.57 Å². The molecule has 0 bridgehead atoms. The van der Waals surface area contributed by atoms with Crippen LogP contribution < -0.4 is 21.9 Å². The first-order valence-corrected chi connectivity index (χ1v) is 9.71. The predicted molar refractivity (Wildman–Crippen MR) is 108 cm³/mol. The molecule has 3 N–H and O–H groups in total. The molecule has 29 heavy (non-hydrogen) atoms. The Morgan fingerprint density at radius 2 is 1.79 bits per heavy atom. The summed E-state index contributed by atoms with van der Waals surface area (Å²) in [6, 6.07) is 2.77. The molecule has 1 aromatic heterocycles. The predicted octanol–water partition coefficient (Wildman–Crippen LogP) is 3.03. The number of H-pyrrole nitrogens is 1. The molecule has 1 aromatic carbocycles. The van der Waals surface area contributed by atoms with E-state index in [9.17, 15) is 23.2 Å². The summed E-state index contributed by atoms with van der Waals surface area (Å²) in [7, 11) is 0. The van der Waals surface area contributed by atoms with Crippen LogP contribution in [0.25, 0.3) is 0 Å². The summed E-state index contributed by atoms with van der Waals surface area (Å²) in [6.45, 7) is 4.35. The number of hydrogen-bond donors (Lipinski definition) is 2. The van der Waals surface area contributed by atoms with Crippen molar-refractivity contribution in [3.05, 3.63) is 56.2 Å². The van der Waals surface area contributed by atoms with Crippen molar-refractivity contribution < 1.29 is 13.6 Å². The average Bonchev–Trinajstić information content (AvgIpc) is 2.68. The van der Waals surface area contributed by atoms with Crippen LogP contribution >= 0.6 is 0 Å². The summed E-state index contributed by atoms with van der Waals surface area (Å²) in [4.78, 5) is 41.1. The van der Waals surface area contributed by atoms with Gasteiger partial charge in [-0.05, 0) is 31.0 Å². The van der Waals surface area contributed by atoms with Crippen LogP contribution in [0.4, 0.5) is 20.3 Å². The number of rotatable bonds is 9. The fraction of sp³-hybridized carbons (Fsp3) is 0.450. The number of nitrogens with one attached hydrogen (secondary N) is 1. The molecule has 0 saturated carbocycles. The summed E-state index contributed by atoms with van der Waals surface area (Å²) in [5, 5.41) is 0. The lowest BCUT2D eigenvalue weighted by atomic mass is 10.1. The number of carbonyl (C=O) groups excluding carboxylic acids is 1. The van der Waals surface area contributed by atoms with Gasteiger partial charge in [-0.3, -0.25) is 19.1 Å². The van der Waals surface area contributed by atoms with E-state index in [0.29, 0.717) is 12.8 Å². The fourth-order valence-electron chi connectivity index (χ4n) is 3.00. The number of nitrogens with two attached hydrogens (primary N) is 1. The Hall–Kier alpha value is -2.97. The number of nitrogens with zero attached hydrogens (tertiary/aromatic N) is 2. The van der Waals surface area contributed by atoms with Crippen molar-refractivity contribution in [3.8, 4) is 0 Å². The van der Waals surface area contributed by atoms with Gasteiger partial charge in [0.2, 0.25) is 0 Å². The van der Waals surface area contributed by atoms with E-state index in [4.69, 9.17) is 5.73 Å². The lowest BCUT2D eigenvalue weighted by molar-refractivity contribution is 0.0985. The zero-order valence-electron chi connectivity index (χ0n) is 16.6. The van der Waals surface area contributed by atoms with E-state index in [-0.39, 0.29) is 30.2 Å². The minimum absolute atomic E-state index is 0.120. The van der Waals surface area contributed by atoms with E-state index in [0.717, 1.165) is 42.4 Å². The van der Waals surface area contributed by atoms with E-state index < -0.39 is 28.8 Å². The third kappa shape index (κ3) is 5.10. The molecule has 0 saturated heterocycles. The number of aromatic amines is 1. The molecule has 0 fully saturated rings. The number of halogens is 2. The highest BCUT2D eigenvalue weighted by atomic mass is 19.2. The third-order valence-corrected chi connectivity index (χ3v) is 4.62. The number of aromatic nitrogens is 2. The summed E-state index contributed by atoms with van der Waals surface area (Å²) >= 11 is 0. The van der Waals surface area contributed by atoms with Crippen molar-refractivity contribution in [2.24, 2.45) is 0 Å². The fourth-order valence-corrected chi connectivity index (χ4v) is 3.00. The largest absolute Gasteiger partial charge is 0.383 e. The van der Waals surface area contributed by atoms with Crippen LogP contribution in [-0.2, 0) is 6.54 Å². The molecular weight excluding hydrogens is 382 g/mol. The molecule has 0 atom stereocenters. The van der Waals surface area contributed by atoms with Crippen molar-refractivity contribution in [2.45, 2.75) is 52.5 Å². The van der Waals surface area contributed by atoms with Crippen LogP contribution in [0.3, 0.4) is 0 Å². The first-order chi connectivity index (χ1) is 13.8. The lowest BCUT2D eigenvalue weighted by Gasteiger charge is -2.24. The number of nitrogen functional groups attached to an aromatic ring is 1. The zero-order valence-corrected chi connectivity index (χ0v) is 16.6. The van der Waals surface area contributed by atoms with Crippen LogP contribution in [-0.4, -0.2) is 22.0 Å². The van der Waals surface area contributed by atoms with Crippen molar-refractivity contribution in [1.29, 1.82) is 0 Å². The molecule has 0 radical (unpaired) electrons. The van der Waals surface area contributed by atoms with Gasteiger partial charge in [0, 0.05) is 18.7 Å². The second-order valence-electron chi connectivity index (χ2n) is 6.79. The van der Waals surface area contributed by atoms with Gasteiger partial charge in [0.25, 0.3) is 11.5 Å². The summed E-state index contributed by atoms with van der Waals surface area (Å²) < 4.78 is 28.1. The van der Waals surface area contributed by atoms with Crippen LogP contribution in [0, 0.1) is 11.6 Å². The molecule has 1 amide bonds. The van der Waals surface area contributed by atoms with Crippen LogP contribution in [0.1, 0.15) is 56.3 Å². The topological polar surface area (TPSA) is 101 Å². The molecule has 0 unspecified atom stereocenters. The Balaban J connectivity index is 2.57. The maximum absolute atomic E-state index is 13.6. The second-order valence-corrected chi connectivity index (χ2v) is 6.79. The van der Waals surface area contributed by atoms with Crippen molar-refractivity contribution in [2.75, 3.05) is 17.2 Å². The average molecular weight is 408 g/mol. The highest BCUT2D eigenvalue weighted by molar-refractivity contribution is 6.07. The SMILES string of the molecule is CCCCCN(C(=O)c1ccc(F)c(F)c1)c1c(N)n(CCCC)c(=O)[nH]c1=O. The second kappa shape index (κ2) is 9.99. The minimum Gasteiger partial charge on any atom is -0.383 e. The number of carbonyl (C=O) groups is 1. The van der Waals surface area contributed by atoms with Gasteiger partial charge in [0.1, 0.15) is 5.82 Å². The molecule has 0 spiro atoms. The van der Waals surface area contributed by atoms with E-state index in [1.807, 2.05) is 13.8 Å². The molecule has 2 rings (SSSR count). The normalized spacial score (nSPS) is 10.9. The smallest absolute Gasteiger partial charge is 0.330 e. The molecule has 2 aromatic rings. The van der Waals surface area contributed by atoms with E-state index in [1.54, 1.807) is 0 Å². The Bertz CT molecular complexity index is 985. The van der Waals surface area contributed by atoms with Gasteiger partial charge in [0.05, 0.1) is 0 Å². The zero-order chi connectivity index (χ0) is 21.6. The van der Waals surface area contributed by atoms with Gasteiger partial charge in [-0.2, -0.15) is 0 Å². The van der Waals surface area contributed by atoms with Crippen molar-refractivity contribution in [1.82, 2.24) is 9.55 Å². The summed E-state index contributed by atoms with van der Waals surface area (Å²) in [5.41, 5.74) is 4.38. The standard InChI is InChI=1S/C20H26F2N4O3/c1-3-5-7-11-25(19(28)13-8-9-14(21)15(22)12-13)16-17(23)26(10-6-4-2)20(29)24-18(16)27/h8-9,12H,3-7,10-11,23H2,1-2H3,(H,24,27,29). The number of hydrogen-bond acceptors (Lipinski definition) is 4. The molecule has 9 heteroatoms. The van der Waals surface area contributed by atoms with Crippen LogP contribution in [0.2, 0.25) is 0 Å². The number of benzene rings is 1. The highest BCUT2D eigenvalue weighted by Gasteiger charge is 2.25. The van der Waals surface area contributed by atoms with Gasteiger partial charge in [-0.15, -0.1) is 0 Å². The van der Waals surface area contributed by atoms with Gasteiger partial charge in [-0.1, -0.05) is 33.1 Å². The monoisotopic (exact) mass is 408 g/mol. The van der Waals surface area contributed by atoms with E-state index in [2.05, 4.69) is 4.98 Å². The van der Waals surface area contributed by atoms with Gasteiger partial charge < -0.3 is 10.6 Å². The summed E-state index contributed by atoms with van der Waals surface area (Å²) in [5.74, 6) is -3.07. The third-order valence-electron chi connectivity index (χ3n) is 4.62. The Kier molecular flexibility index (Phi) is 7.69. The Labute approximate surface area is 167 Å². The Morgan fingerprint density at radius 3 is 2.41 bits per heavy atom. The summed E-state index contributed by atoms with van der Waals surface area (Å²) in [6.07, 6.45) is 3.68. The van der Waals surface area contributed by atoms with E-state index >= 15 is 0 Å². The first kappa shape index (κ1) is 22.3. The maximum atomic E-state index is 13.6. The van der Waals surface area contributed by atoms with Gasteiger partial charge in [-0.25, -0.2) is 13.6 Å². The molecule has 1 heterocycles. The van der Waals surface area contributed by atoms with Crippen molar-refractivity contribution in [3.63, 3.8) is 0 Å². The molecule has 158 valence electrons. The maximum Gasteiger partial charge on any atom is 0.330 e. The molecule has 0 aliphatic carbocycles. The molecule has 0 aliphatic rings. The Morgan fingerprint density at radius 1 is 1.10 bits per heavy atom. The van der Waals surface area contributed by atoms with Crippen LogP contribution in [0.15, 0.2) is 27.8 Å². The van der Waals surface area contributed by atoms with Crippen LogP contribution in [0.5, 0.6) is 0 Å². The molecule has 0 aliphatic heterocycles. The molecular formula is C20H26F2N4O3. The van der Waals surface area contributed by atoms with Gasteiger partial charge in [0.15, 0.2) is 17.3 Å². The highest BCUT2D eigenvalue weighted by Crippen LogP contribution is 2.21. The number of unbranched alkanes of at least 4 members (excludes halogenated alkanes) is 3. The number of amides is 1. The number of anilines is 2. The lowest BCUT2D eigenvalue weighted by Crippen LogP contribution is -2.41. The van der Waals surface area contributed by atoms with Gasteiger partial charge >= 0.3 is 5.69 Å². The quantitative estimate of drug-likeness (QED) is 0.623. The minimum atomic E-state index is -1.17. The molecule has 7 nitrogen and oxygen atoms in total. The van der Waals surface area contributed by atoms with Crippen molar-refractivity contribution >= 4 is 17.4 Å².